The van der Waals surface area contributed by atoms with Crippen molar-refractivity contribution in [1.82, 2.24) is 9.47 Å². The number of ether oxygens (including phenoxy) is 1. The number of aromatic nitrogens is 1. The summed E-state index contributed by atoms with van der Waals surface area (Å²) in [6.07, 6.45) is 2.21. The first-order valence-corrected chi connectivity index (χ1v) is 8.84. The molecule has 1 N–H and O–H groups in total. The first kappa shape index (κ1) is 19.8. The van der Waals surface area contributed by atoms with E-state index >= 15 is 0 Å². The maximum atomic E-state index is 12.1. The van der Waals surface area contributed by atoms with Crippen LogP contribution in [0.5, 0.6) is 0 Å². The largest absolute Gasteiger partial charge is 0.481 e. The number of rotatable bonds is 7. The lowest BCUT2D eigenvalue weighted by atomic mass is 9.96. The summed E-state index contributed by atoms with van der Waals surface area (Å²) >= 11 is 0. The van der Waals surface area contributed by atoms with Crippen LogP contribution < -0.4 is 0 Å². The number of fused-ring (bicyclic) bond motifs is 1. The van der Waals surface area contributed by atoms with Crippen molar-refractivity contribution in [3.8, 4) is 0 Å². The molecule has 0 aliphatic carbocycles. The molecule has 1 aromatic heterocycles. The van der Waals surface area contributed by atoms with Gasteiger partial charge in [0, 0.05) is 37.1 Å². The molecule has 6 heteroatoms. The van der Waals surface area contributed by atoms with Gasteiger partial charge in [-0.15, -0.1) is 0 Å². The first-order valence-electron chi connectivity index (χ1n) is 8.84. The standard InChI is InChI=1S/C20H28N2O4/c1-20(2,3)14-21(4)19(25)26-12-11-22-13-15(9-10-18(23)24)16-7-5-6-8-17(16)22/h5-8,13H,9-12,14H2,1-4H3,(H,23,24). The summed E-state index contributed by atoms with van der Waals surface area (Å²) in [6, 6.07) is 7.88. The van der Waals surface area contributed by atoms with Crippen LogP contribution in [-0.4, -0.2) is 46.8 Å². The van der Waals surface area contributed by atoms with Crippen molar-refractivity contribution in [3.05, 3.63) is 36.0 Å². The Balaban J connectivity index is 2.00. The van der Waals surface area contributed by atoms with Gasteiger partial charge in [-0.3, -0.25) is 4.79 Å². The Morgan fingerprint density at radius 3 is 2.58 bits per heavy atom. The van der Waals surface area contributed by atoms with E-state index in [0.29, 0.717) is 19.5 Å². The van der Waals surface area contributed by atoms with Gasteiger partial charge in [0.15, 0.2) is 0 Å². The van der Waals surface area contributed by atoms with Crippen LogP contribution in [0, 0.1) is 5.41 Å². The molecule has 1 aromatic carbocycles. The van der Waals surface area contributed by atoms with Gasteiger partial charge in [0.1, 0.15) is 6.61 Å². The summed E-state index contributed by atoms with van der Waals surface area (Å²) in [4.78, 5) is 24.5. The third kappa shape index (κ3) is 5.51. The maximum Gasteiger partial charge on any atom is 0.409 e. The molecule has 6 nitrogen and oxygen atoms in total. The fraction of sp³-hybridized carbons (Fsp3) is 0.500. The fourth-order valence-corrected chi connectivity index (χ4v) is 3.07. The Hall–Kier alpha value is -2.50. The van der Waals surface area contributed by atoms with Gasteiger partial charge in [-0.25, -0.2) is 4.79 Å². The van der Waals surface area contributed by atoms with Gasteiger partial charge in [-0.2, -0.15) is 0 Å². The number of carboxylic acid groups (broad SMARTS) is 1. The first-order chi connectivity index (χ1) is 12.2. The van der Waals surface area contributed by atoms with E-state index in [1.54, 1.807) is 11.9 Å². The average Bonchev–Trinajstić information content (AvgIpc) is 2.89. The topological polar surface area (TPSA) is 71.8 Å². The van der Waals surface area contributed by atoms with Gasteiger partial charge in [-0.05, 0) is 23.5 Å². The van der Waals surface area contributed by atoms with Gasteiger partial charge in [0.05, 0.1) is 6.54 Å². The summed E-state index contributed by atoms with van der Waals surface area (Å²) in [6.45, 7) is 7.63. The second-order valence-corrected chi connectivity index (χ2v) is 7.79. The van der Waals surface area contributed by atoms with Crippen molar-refractivity contribution in [1.29, 1.82) is 0 Å². The number of hydrogen-bond acceptors (Lipinski definition) is 3. The molecule has 0 spiro atoms. The van der Waals surface area contributed by atoms with Gasteiger partial charge < -0.3 is 19.3 Å². The lowest BCUT2D eigenvalue weighted by Gasteiger charge is -2.26. The molecule has 142 valence electrons. The average molecular weight is 360 g/mol. The number of carbonyl (C=O) groups excluding carboxylic acids is 1. The Morgan fingerprint density at radius 2 is 1.92 bits per heavy atom. The van der Waals surface area contributed by atoms with Crippen LogP contribution in [0.4, 0.5) is 4.79 Å². The number of benzene rings is 1. The highest BCUT2D eigenvalue weighted by molar-refractivity contribution is 5.84. The summed E-state index contributed by atoms with van der Waals surface area (Å²) in [7, 11) is 1.74. The van der Waals surface area contributed by atoms with Gasteiger partial charge in [0.2, 0.25) is 0 Å². The van der Waals surface area contributed by atoms with Crippen molar-refractivity contribution in [2.24, 2.45) is 5.41 Å². The maximum absolute atomic E-state index is 12.1. The van der Waals surface area contributed by atoms with Crippen LogP contribution in [0.2, 0.25) is 0 Å². The van der Waals surface area contributed by atoms with Crippen LogP contribution in [0.1, 0.15) is 32.8 Å². The molecular weight excluding hydrogens is 332 g/mol. The van der Waals surface area contributed by atoms with E-state index in [-0.39, 0.29) is 24.5 Å². The minimum atomic E-state index is -0.808. The summed E-state index contributed by atoms with van der Waals surface area (Å²) in [5.74, 6) is -0.808. The SMILES string of the molecule is CN(CC(C)(C)C)C(=O)OCCn1cc(CCC(=O)O)c2ccccc21. The van der Waals surface area contributed by atoms with E-state index in [2.05, 4.69) is 20.8 Å². The minimum absolute atomic E-state index is 0.0173. The molecule has 1 heterocycles. The van der Waals surface area contributed by atoms with Gasteiger partial charge >= 0.3 is 12.1 Å². The third-order valence-electron chi connectivity index (χ3n) is 4.06. The van der Waals surface area contributed by atoms with Gasteiger partial charge in [-0.1, -0.05) is 39.0 Å². The number of carboxylic acids is 1. The molecule has 26 heavy (non-hydrogen) atoms. The molecule has 1 amide bonds. The molecule has 0 fully saturated rings. The smallest absolute Gasteiger partial charge is 0.409 e. The summed E-state index contributed by atoms with van der Waals surface area (Å²) in [5, 5.41) is 9.97. The summed E-state index contributed by atoms with van der Waals surface area (Å²) in [5.41, 5.74) is 2.04. The Kier molecular flexibility index (Phi) is 6.29. The molecule has 0 radical (unpaired) electrons. The zero-order valence-electron chi connectivity index (χ0n) is 16.0. The number of para-hydroxylation sites is 1. The van der Waals surface area contributed by atoms with Crippen LogP contribution >= 0.6 is 0 Å². The molecule has 2 rings (SSSR count). The Bertz CT molecular complexity index is 774. The van der Waals surface area contributed by atoms with Crippen molar-refractivity contribution in [2.45, 2.75) is 40.2 Å². The minimum Gasteiger partial charge on any atom is -0.481 e. The van der Waals surface area contributed by atoms with Crippen LogP contribution in [0.3, 0.4) is 0 Å². The predicted octanol–water partition coefficient (Wildman–Crippen LogP) is 3.77. The van der Waals surface area contributed by atoms with Crippen molar-refractivity contribution in [3.63, 3.8) is 0 Å². The molecule has 0 aliphatic rings. The lowest BCUT2D eigenvalue weighted by molar-refractivity contribution is -0.136. The fourth-order valence-electron chi connectivity index (χ4n) is 3.07. The van der Waals surface area contributed by atoms with E-state index in [4.69, 9.17) is 9.84 Å². The molecule has 0 unspecified atom stereocenters. The number of carbonyl (C=O) groups is 2. The highest BCUT2D eigenvalue weighted by Crippen LogP contribution is 2.22. The lowest BCUT2D eigenvalue weighted by Crippen LogP contribution is -2.35. The molecule has 0 atom stereocenters. The molecule has 2 aromatic rings. The van der Waals surface area contributed by atoms with Crippen LogP contribution in [0.15, 0.2) is 30.5 Å². The van der Waals surface area contributed by atoms with E-state index < -0.39 is 5.97 Å². The van der Waals surface area contributed by atoms with E-state index in [9.17, 15) is 9.59 Å². The van der Waals surface area contributed by atoms with Crippen molar-refractivity contribution < 1.29 is 19.4 Å². The second kappa shape index (κ2) is 8.25. The molecule has 0 saturated heterocycles. The number of aliphatic carboxylic acids is 1. The van der Waals surface area contributed by atoms with Crippen LogP contribution in [-0.2, 0) is 22.5 Å². The molecular formula is C20H28N2O4. The molecule has 0 aliphatic heterocycles. The monoisotopic (exact) mass is 360 g/mol. The Labute approximate surface area is 154 Å². The van der Waals surface area contributed by atoms with E-state index in [0.717, 1.165) is 16.5 Å². The normalized spacial score (nSPS) is 11.5. The predicted molar refractivity (Wildman–Crippen MR) is 101 cm³/mol. The second-order valence-electron chi connectivity index (χ2n) is 7.79. The van der Waals surface area contributed by atoms with E-state index in [1.807, 2.05) is 35.0 Å². The highest BCUT2D eigenvalue weighted by Gasteiger charge is 2.18. The quantitative estimate of drug-likeness (QED) is 0.816. The Morgan fingerprint density at radius 1 is 1.23 bits per heavy atom. The third-order valence-corrected chi connectivity index (χ3v) is 4.06. The zero-order valence-corrected chi connectivity index (χ0v) is 16.0. The number of nitrogens with zero attached hydrogens (tertiary/aromatic N) is 2. The van der Waals surface area contributed by atoms with Crippen molar-refractivity contribution >= 4 is 23.0 Å². The molecule has 0 saturated carbocycles. The number of amides is 1. The highest BCUT2D eigenvalue weighted by atomic mass is 16.6. The van der Waals surface area contributed by atoms with E-state index in [1.165, 1.54) is 0 Å². The molecule has 0 bridgehead atoms. The number of aryl methyl sites for hydroxylation is 1. The van der Waals surface area contributed by atoms with Crippen molar-refractivity contribution in [2.75, 3.05) is 20.2 Å². The summed E-state index contributed by atoms with van der Waals surface area (Å²) < 4.78 is 7.40. The number of hydrogen-bond donors (Lipinski definition) is 1. The zero-order chi connectivity index (χ0) is 19.3. The van der Waals surface area contributed by atoms with Gasteiger partial charge in [0.25, 0.3) is 0 Å². The van der Waals surface area contributed by atoms with Crippen LogP contribution in [0.25, 0.3) is 10.9 Å².